The second-order valence-electron chi connectivity index (χ2n) is 6.05. The van der Waals surface area contributed by atoms with E-state index in [1.54, 1.807) is 12.1 Å². The molecule has 5 heteroatoms. The molecular weight excluding hydrogens is 360 g/mol. The minimum absolute atomic E-state index is 0.359. The average molecular weight is 373 g/mol. The molecule has 0 aliphatic heterocycles. The number of rotatable bonds is 3. The molecule has 0 spiro atoms. The third-order valence-electron chi connectivity index (χ3n) is 4.23. The first kappa shape index (κ1) is 15.9. The number of aromatic nitrogens is 2. The average Bonchev–Trinajstić information content (AvgIpc) is 3.08. The number of ether oxygens (including phenoxy) is 1. The third kappa shape index (κ3) is 2.90. The van der Waals surface area contributed by atoms with Gasteiger partial charge in [-0.1, -0.05) is 60.1 Å². The minimum atomic E-state index is 0.359. The van der Waals surface area contributed by atoms with E-state index in [1.165, 1.54) is 0 Å². The van der Waals surface area contributed by atoms with Gasteiger partial charge >= 0.3 is 0 Å². The van der Waals surface area contributed by atoms with E-state index in [0.29, 0.717) is 28.1 Å². The SMILES string of the molecule is Clc1cccc(Oc2nc(-c3ccccc3)nc3c2oc2ccccc23)c1. The van der Waals surface area contributed by atoms with Crippen molar-refractivity contribution in [3.63, 3.8) is 0 Å². The molecule has 0 saturated heterocycles. The standard InChI is InChI=1S/C22H13ClN2O2/c23-15-9-6-10-16(13-15)26-22-20-19(17-11-4-5-12-18(17)27-20)24-21(25-22)14-7-2-1-3-8-14/h1-13H. The fourth-order valence-electron chi connectivity index (χ4n) is 2.99. The minimum Gasteiger partial charge on any atom is -0.449 e. The maximum absolute atomic E-state index is 6.08. The summed E-state index contributed by atoms with van der Waals surface area (Å²) in [5.74, 6) is 1.52. The van der Waals surface area contributed by atoms with Crippen LogP contribution >= 0.6 is 11.6 Å². The number of benzene rings is 3. The number of fused-ring (bicyclic) bond motifs is 3. The molecule has 0 fully saturated rings. The first-order chi connectivity index (χ1) is 13.3. The monoisotopic (exact) mass is 372 g/mol. The van der Waals surface area contributed by atoms with Gasteiger partial charge in [-0.05, 0) is 30.3 Å². The van der Waals surface area contributed by atoms with Gasteiger partial charge < -0.3 is 9.15 Å². The molecule has 0 amide bonds. The topological polar surface area (TPSA) is 48.2 Å². The van der Waals surface area contributed by atoms with Crippen LogP contribution in [0.5, 0.6) is 11.6 Å². The molecule has 0 atom stereocenters. The second kappa shape index (κ2) is 6.41. The zero-order valence-electron chi connectivity index (χ0n) is 14.1. The Bertz CT molecular complexity index is 1270. The highest BCUT2D eigenvalue weighted by atomic mass is 35.5. The summed E-state index contributed by atoms with van der Waals surface area (Å²) in [5.41, 5.74) is 2.87. The van der Waals surface area contributed by atoms with Crippen LogP contribution < -0.4 is 4.74 Å². The predicted molar refractivity (Wildman–Crippen MR) is 106 cm³/mol. The van der Waals surface area contributed by atoms with Gasteiger partial charge in [0, 0.05) is 16.0 Å². The van der Waals surface area contributed by atoms with E-state index in [0.717, 1.165) is 22.0 Å². The van der Waals surface area contributed by atoms with Crippen molar-refractivity contribution < 1.29 is 9.15 Å². The number of halogens is 1. The molecule has 5 aromatic rings. The van der Waals surface area contributed by atoms with Crippen LogP contribution in [0.2, 0.25) is 5.02 Å². The normalized spacial score (nSPS) is 11.1. The fraction of sp³-hybridized carbons (Fsp3) is 0. The Morgan fingerprint density at radius 1 is 0.815 bits per heavy atom. The van der Waals surface area contributed by atoms with Crippen molar-refractivity contribution in [3.8, 4) is 23.0 Å². The van der Waals surface area contributed by atoms with E-state index >= 15 is 0 Å². The Balaban J connectivity index is 1.76. The summed E-state index contributed by atoms with van der Waals surface area (Å²) in [6.45, 7) is 0. The summed E-state index contributed by atoms with van der Waals surface area (Å²) < 4.78 is 12.0. The summed E-state index contributed by atoms with van der Waals surface area (Å²) >= 11 is 6.08. The Hall–Kier alpha value is -3.37. The summed E-state index contributed by atoms with van der Waals surface area (Å²) in [7, 11) is 0. The van der Waals surface area contributed by atoms with E-state index < -0.39 is 0 Å². The highest BCUT2D eigenvalue weighted by molar-refractivity contribution is 6.30. The molecule has 2 aromatic heterocycles. The number of hydrogen-bond acceptors (Lipinski definition) is 4. The molecule has 0 unspecified atom stereocenters. The molecule has 0 bridgehead atoms. The van der Waals surface area contributed by atoms with Crippen LogP contribution in [0, 0.1) is 0 Å². The number of furan rings is 1. The summed E-state index contributed by atoms with van der Waals surface area (Å²) in [6.07, 6.45) is 0. The van der Waals surface area contributed by atoms with Gasteiger partial charge in [-0.15, -0.1) is 0 Å². The van der Waals surface area contributed by atoms with Gasteiger partial charge in [0.1, 0.15) is 16.8 Å². The van der Waals surface area contributed by atoms with Gasteiger partial charge in [-0.25, -0.2) is 4.98 Å². The van der Waals surface area contributed by atoms with Gasteiger partial charge in [-0.3, -0.25) is 0 Å². The van der Waals surface area contributed by atoms with Gasteiger partial charge in [0.15, 0.2) is 5.82 Å². The van der Waals surface area contributed by atoms with Gasteiger partial charge in [0.05, 0.1) is 0 Å². The van der Waals surface area contributed by atoms with Crippen molar-refractivity contribution in [1.29, 1.82) is 0 Å². The zero-order chi connectivity index (χ0) is 18.2. The van der Waals surface area contributed by atoms with Gasteiger partial charge in [0.25, 0.3) is 5.88 Å². The molecule has 0 aliphatic carbocycles. The quantitative estimate of drug-likeness (QED) is 0.363. The summed E-state index contributed by atoms with van der Waals surface area (Å²) in [6, 6.07) is 24.7. The zero-order valence-corrected chi connectivity index (χ0v) is 14.9. The largest absolute Gasteiger partial charge is 0.449 e. The molecular formula is C22H13ClN2O2. The van der Waals surface area contributed by atoms with Crippen LogP contribution in [0.1, 0.15) is 0 Å². The van der Waals surface area contributed by atoms with Crippen LogP contribution in [-0.2, 0) is 0 Å². The van der Waals surface area contributed by atoms with E-state index in [1.807, 2.05) is 66.7 Å². The number of nitrogens with zero attached hydrogens (tertiary/aromatic N) is 2. The van der Waals surface area contributed by atoms with Crippen molar-refractivity contribution in [2.75, 3.05) is 0 Å². The lowest BCUT2D eigenvalue weighted by molar-refractivity contribution is 0.457. The molecule has 0 saturated carbocycles. The third-order valence-corrected chi connectivity index (χ3v) is 4.47. The molecule has 0 aliphatic rings. The Labute approximate surface area is 160 Å². The van der Waals surface area contributed by atoms with Crippen LogP contribution in [0.15, 0.2) is 83.3 Å². The van der Waals surface area contributed by atoms with Crippen molar-refractivity contribution >= 4 is 33.7 Å². The maximum atomic E-state index is 6.08. The van der Waals surface area contributed by atoms with Crippen molar-refractivity contribution in [2.24, 2.45) is 0 Å². The van der Waals surface area contributed by atoms with E-state index in [4.69, 9.17) is 25.7 Å². The first-order valence-electron chi connectivity index (χ1n) is 8.46. The Morgan fingerprint density at radius 3 is 2.48 bits per heavy atom. The van der Waals surface area contributed by atoms with E-state index in [2.05, 4.69) is 4.98 Å². The number of para-hydroxylation sites is 1. The molecule has 4 nitrogen and oxygen atoms in total. The molecule has 5 rings (SSSR count). The molecule has 0 N–H and O–H groups in total. The Kier molecular flexibility index (Phi) is 3.77. The van der Waals surface area contributed by atoms with Crippen LogP contribution in [0.4, 0.5) is 0 Å². The molecule has 130 valence electrons. The lowest BCUT2D eigenvalue weighted by atomic mass is 10.2. The van der Waals surface area contributed by atoms with Crippen molar-refractivity contribution in [1.82, 2.24) is 9.97 Å². The highest BCUT2D eigenvalue weighted by Crippen LogP contribution is 2.36. The van der Waals surface area contributed by atoms with E-state index in [9.17, 15) is 0 Å². The van der Waals surface area contributed by atoms with E-state index in [-0.39, 0.29) is 0 Å². The smallest absolute Gasteiger partial charge is 0.267 e. The summed E-state index contributed by atoms with van der Waals surface area (Å²) in [4.78, 5) is 9.36. The number of hydrogen-bond donors (Lipinski definition) is 0. The van der Waals surface area contributed by atoms with Crippen LogP contribution in [-0.4, -0.2) is 9.97 Å². The molecule has 27 heavy (non-hydrogen) atoms. The lowest BCUT2D eigenvalue weighted by Gasteiger charge is -2.07. The molecule has 2 heterocycles. The summed E-state index contributed by atoms with van der Waals surface area (Å²) in [5, 5.41) is 1.51. The molecule has 3 aromatic carbocycles. The second-order valence-corrected chi connectivity index (χ2v) is 6.49. The van der Waals surface area contributed by atoms with Crippen LogP contribution in [0.25, 0.3) is 33.5 Å². The highest BCUT2D eigenvalue weighted by Gasteiger charge is 2.18. The van der Waals surface area contributed by atoms with Gasteiger partial charge in [-0.2, -0.15) is 4.98 Å². The Morgan fingerprint density at radius 2 is 1.63 bits per heavy atom. The fourth-order valence-corrected chi connectivity index (χ4v) is 3.17. The van der Waals surface area contributed by atoms with Crippen molar-refractivity contribution in [3.05, 3.63) is 83.9 Å². The predicted octanol–water partition coefficient (Wildman–Crippen LogP) is 6.49. The lowest BCUT2D eigenvalue weighted by Crippen LogP contribution is -1.94. The van der Waals surface area contributed by atoms with Crippen molar-refractivity contribution in [2.45, 2.75) is 0 Å². The molecule has 0 radical (unpaired) electrons. The first-order valence-corrected chi connectivity index (χ1v) is 8.84. The van der Waals surface area contributed by atoms with Crippen LogP contribution in [0.3, 0.4) is 0 Å². The van der Waals surface area contributed by atoms with Gasteiger partial charge in [0.2, 0.25) is 5.58 Å². The maximum Gasteiger partial charge on any atom is 0.267 e.